The van der Waals surface area contributed by atoms with Crippen LogP contribution in [0.3, 0.4) is 0 Å². The van der Waals surface area contributed by atoms with Gasteiger partial charge in [-0.2, -0.15) is 0 Å². The summed E-state index contributed by atoms with van der Waals surface area (Å²) in [6.45, 7) is 12.1. The van der Waals surface area contributed by atoms with E-state index in [2.05, 4.69) is 59.2 Å². The Labute approximate surface area is 205 Å². The molecule has 0 saturated carbocycles. The van der Waals surface area contributed by atoms with Crippen LogP contribution >= 0.6 is 0 Å². The molecule has 0 fully saturated rings. The molecule has 1 N–H and O–H groups in total. The summed E-state index contributed by atoms with van der Waals surface area (Å²) >= 11 is 0. The molecule has 8 nitrogen and oxygen atoms in total. The maximum Gasteiger partial charge on any atom is 0.252 e. The Kier molecular flexibility index (Phi) is 7.03. The van der Waals surface area contributed by atoms with Crippen LogP contribution in [0, 0.1) is 13.8 Å². The standard InChI is InChI=1S/C27H34N6O2/c1-7-27(4,5)33-24(29-30-31-33)17-32(15-20-10-12-22(35-6)13-11-20)16-21-14-23-18(2)8-9-19(3)25(23)28-26(21)34/h8-14H,7,15-17H2,1-6H3,(H,28,34). The Balaban J connectivity index is 1.71. The monoisotopic (exact) mass is 474 g/mol. The lowest BCUT2D eigenvalue weighted by Gasteiger charge is -2.27. The van der Waals surface area contributed by atoms with Crippen molar-refractivity contribution in [3.8, 4) is 5.75 Å². The number of H-pyrrole nitrogens is 1. The molecule has 4 aromatic rings. The van der Waals surface area contributed by atoms with Crippen molar-refractivity contribution in [3.63, 3.8) is 0 Å². The van der Waals surface area contributed by atoms with E-state index in [9.17, 15) is 4.79 Å². The molecule has 0 amide bonds. The fourth-order valence-electron chi connectivity index (χ4n) is 4.26. The Morgan fingerprint density at radius 3 is 2.43 bits per heavy atom. The summed E-state index contributed by atoms with van der Waals surface area (Å²) < 4.78 is 7.20. The first kappa shape index (κ1) is 24.6. The highest BCUT2D eigenvalue weighted by molar-refractivity contribution is 5.85. The van der Waals surface area contributed by atoms with E-state index >= 15 is 0 Å². The fourth-order valence-corrected chi connectivity index (χ4v) is 4.26. The van der Waals surface area contributed by atoms with Crippen molar-refractivity contribution in [3.05, 3.63) is 80.9 Å². The Hall–Kier alpha value is -3.52. The van der Waals surface area contributed by atoms with Gasteiger partial charge in [-0.1, -0.05) is 31.2 Å². The van der Waals surface area contributed by atoms with Crippen LogP contribution in [0.4, 0.5) is 0 Å². The molecule has 4 rings (SSSR count). The van der Waals surface area contributed by atoms with Crippen LogP contribution in [-0.2, 0) is 25.2 Å². The summed E-state index contributed by atoms with van der Waals surface area (Å²) in [6.07, 6.45) is 0.895. The first-order valence-corrected chi connectivity index (χ1v) is 12.0. The predicted molar refractivity (Wildman–Crippen MR) is 137 cm³/mol. The molecule has 2 aromatic heterocycles. The maximum absolute atomic E-state index is 13.1. The molecule has 184 valence electrons. The average Bonchev–Trinajstić information content (AvgIpc) is 3.32. The van der Waals surface area contributed by atoms with Gasteiger partial charge in [0, 0.05) is 24.0 Å². The van der Waals surface area contributed by atoms with Gasteiger partial charge in [0.15, 0.2) is 5.82 Å². The number of methoxy groups -OCH3 is 1. The molecule has 0 aliphatic carbocycles. The van der Waals surface area contributed by atoms with Crippen LogP contribution in [0.25, 0.3) is 10.9 Å². The normalized spacial score (nSPS) is 12.0. The molecule has 0 radical (unpaired) electrons. The van der Waals surface area contributed by atoms with Gasteiger partial charge in [0.05, 0.1) is 24.7 Å². The smallest absolute Gasteiger partial charge is 0.252 e. The van der Waals surface area contributed by atoms with E-state index < -0.39 is 0 Å². The van der Waals surface area contributed by atoms with Crippen molar-refractivity contribution in [2.75, 3.05) is 7.11 Å². The number of rotatable bonds is 9. The van der Waals surface area contributed by atoms with Crippen LogP contribution in [-0.4, -0.2) is 37.2 Å². The summed E-state index contributed by atoms with van der Waals surface area (Å²) in [5.41, 5.74) is 4.65. The van der Waals surface area contributed by atoms with Crippen molar-refractivity contribution >= 4 is 10.9 Å². The molecule has 8 heteroatoms. The first-order chi connectivity index (χ1) is 16.7. The third-order valence-corrected chi connectivity index (χ3v) is 6.82. The quantitative estimate of drug-likeness (QED) is 0.385. The lowest BCUT2D eigenvalue weighted by Crippen LogP contribution is -2.32. The van der Waals surface area contributed by atoms with Crippen molar-refractivity contribution in [2.45, 2.75) is 66.2 Å². The fraction of sp³-hybridized carbons (Fsp3) is 0.407. The van der Waals surface area contributed by atoms with E-state index in [1.807, 2.05) is 48.0 Å². The summed E-state index contributed by atoms with van der Waals surface area (Å²) in [6, 6.07) is 14.1. The van der Waals surface area contributed by atoms with Gasteiger partial charge in [-0.05, 0) is 79.4 Å². The number of aromatic amines is 1. The van der Waals surface area contributed by atoms with Gasteiger partial charge in [-0.15, -0.1) is 5.10 Å². The number of aromatic nitrogens is 5. The van der Waals surface area contributed by atoms with Gasteiger partial charge in [0.1, 0.15) is 5.75 Å². The number of nitrogens with one attached hydrogen (secondary N) is 1. The predicted octanol–water partition coefficient (Wildman–Crippen LogP) is 4.49. The molecule has 0 unspecified atom stereocenters. The van der Waals surface area contributed by atoms with Crippen LogP contribution in [0.5, 0.6) is 5.75 Å². The number of pyridine rings is 1. The molecule has 0 bridgehead atoms. The molecule has 0 atom stereocenters. The molecule has 2 heterocycles. The van der Waals surface area contributed by atoms with Gasteiger partial charge in [0.2, 0.25) is 0 Å². The van der Waals surface area contributed by atoms with Crippen molar-refractivity contribution in [1.82, 2.24) is 30.1 Å². The number of hydrogen-bond donors (Lipinski definition) is 1. The van der Waals surface area contributed by atoms with E-state index in [0.717, 1.165) is 45.6 Å². The van der Waals surface area contributed by atoms with Crippen LogP contribution < -0.4 is 10.3 Å². The maximum atomic E-state index is 13.1. The number of benzene rings is 2. The second-order valence-corrected chi connectivity index (χ2v) is 9.78. The highest BCUT2D eigenvalue weighted by Gasteiger charge is 2.25. The number of hydrogen-bond acceptors (Lipinski definition) is 6. The zero-order chi connectivity index (χ0) is 25.2. The highest BCUT2D eigenvalue weighted by Crippen LogP contribution is 2.23. The number of ether oxygens (including phenoxy) is 1. The molecular weight excluding hydrogens is 440 g/mol. The van der Waals surface area contributed by atoms with E-state index in [-0.39, 0.29) is 11.1 Å². The lowest BCUT2D eigenvalue weighted by molar-refractivity contribution is 0.217. The van der Waals surface area contributed by atoms with Gasteiger partial charge in [0.25, 0.3) is 5.56 Å². The third-order valence-electron chi connectivity index (χ3n) is 6.82. The molecule has 2 aromatic carbocycles. The van der Waals surface area contributed by atoms with Crippen LogP contribution in [0.2, 0.25) is 0 Å². The Morgan fingerprint density at radius 1 is 1.03 bits per heavy atom. The van der Waals surface area contributed by atoms with E-state index in [1.54, 1.807) is 7.11 Å². The lowest BCUT2D eigenvalue weighted by atomic mass is 10.0. The molecule has 0 spiro atoms. The summed E-state index contributed by atoms with van der Waals surface area (Å²) in [4.78, 5) is 18.4. The van der Waals surface area contributed by atoms with Gasteiger partial charge < -0.3 is 9.72 Å². The minimum absolute atomic E-state index is 0.0700. The first-order valence-electron chi connectivity index (χ1n) is 12.0. The van der Waals surface area contributed by atoms with E-state index in [4.69, 9.17) is 4.74 Å². The van der Waals surface area contributed by atoms with Crippen LogP contribution in [0.15, 0.2) is 47.3 Å². The zero-order valence-electron chi connectivity index (χ0n) is 21.4. The Morgan fingerprint density at radius 2 is 1.74 bits per heavy atom. The minimum Gasteiger partial charge on any atom is -0.497 e. The minimum atomic E-state index is -0.209. The van der Waals surface area contributed by atoms with Gasteiger partial charge in [-0.3, -0.25) is 9.69 Å². The SMILES string of the molecule is CCC(C)(C)n1nnnc1CN(Cc1ccc(OC)cc1)Cc1cc2c(C)ccc(C)c2[nH]c1=O. The summed E-state index contributed by atoms with van der Waals surface area (Å²) in [5.74, 6) is 1.58. The average molecular weight is 475 g/mol. The third kappa shape index (κ3) is 5.27. The second-order valence-electron chi connectivity index (χ2n) is 9.78. The number of aryl methyl sites for hydroxylation is 2. The number of nitrogens with zero attached hydrogens (tertiary/aromatic N) is 5. The second kappa shape index (κ2) is 10.00. The largest absolute Gasteiger partial charge is 0.497 e. The zero-order valence-corrected chi connectivity index (χ0v) is 21.4. The number of fused-ring (bicyclic) bond motifs is 1. The molecule has 35 heavy (non-hydrogen) atoms. The molecular formula is C27H34N6O2. The van der Waals surface area contributed by atoms with Crippen LogP contribution in [0.1, 0.15) is 55.3 Å². The topological polar surface area (TPSA) is 88.9 Å². The highest BCUT2D eigenvalue weighted by atomic mass is 16.5. The van der Waals surface area contributed by atoms with Gasteiger partial charge in [-0.25, -0.2) is 4.68 Å². The number of tetrazole rings is 1. The van der Waals surface area contributed by atoms with Crippen molar-refractivity contribution in [1.29, 1.82) is 0 Å². The summed E-state index contributed by atoms with van der Waals surface area (Å²) in [5, 5.41) is 13.6. The molecule has 0 aliphatic heterocycles. The molecule has 0 aliphatic rings. The summed E-state index contributed by atoms with van der Waals surface area (Å²) in [7, 11) is 1.66. The van der Waals surface area contributed by atoms with Gasteiger partial charge >= 0.3 is 0 Å². The molecule has 0 saturated heterocycles. The van der Waals surface area contributed by atoms with Crippen molar-refractivity contribution in [2.24, 2.45) is 0 Å². The van der Waals surface area contributed by atoms with E-state index in [0.29, 0.717) is 25.2 Å². The Bertz CT molecular complexity index is 1370. The van der Waals surface area contributed by atoms with Crippen molar-refractivity contribution < 1.29 is 4.74 Å². The van der Waals surface area contributed by atoms with E-state index in [1.165, 1.54) is 0 Å².